The van der Waals surface area contributed by atoms with Gasteiger partial charge in [-0.2, -0.15) is 0 Å². The summed E-state index contributed by atoms with van der Waals surface area (Å²) in [6.07, 6.45) is 2.10. The number of rotatable bonds is 6. The van der Waals surface area contributed by atoms with Crippen LogP contribution in [0.3, 0.4) is 0 Å². The first kappa shape index (κ1) is 23.2. The Labute approximate surface area is 164 Å². The lowest BCUT2D eigenvalue weighted by Crippen LogP contribution is -2.57. The molecule has 27 heavy (non-hydrogen) atoms. The molecule has 1 aliphatic rings. The lowest BCUT2D eigenvalue weighted by atomic mass is 9.85. The summed E-state index contributed by atoms with van der Waals surface area (Å²) in [6.45, 7) is 13.0. The van der Waals surface area contributed by atoms with Gasteiger partial charge in [0.1, 0.15) is 6.04 Å². The highest BCUT2D eigenvalue weighted by atomic mass is 16.2. The van der Waals surface area contributed by atoms with Crippen LogP contribution in [-0.2, 0) is 9.59 Å². The molecular weight excluding hydrogens is 344 g/mol. The van der Waals surface area contributed by atoms with E-state index in [4.69, 9.17) is 0 Å². The molecule has 1 aliphatic heterocycles. The van der Waals surface area contributed by atoms with Gasteiger partial charge in [0, 0.05) is 26.7 Å². The molecule has 4 amide bonds. The lowest BCUT2D eigenvalue weighted by molar-refractivity contribution is -0.136. The second-order valence-corrected chi connectivity index (χ2v) is 9.14. The van der Waals surface area contributed by atoms with Gasteiger partial charge in [0.05, 0.1) is 6.54 Å². The van der Waals surface area contributed by atoms with Crippen molar-refractivity contribution in [3.63, 3.8) is 0 Å². The standard InChI is InChI=1S/C20H38N4O3/c1-9-13(2)15-10-14(3)24(12-15)18(26)17(20(4,5)6)22-19(27)21-11-16(25)23(7)8/h13-15,17H,9-12H2,1-8H3,(H2,21,22,27)/t13?,14?,15-,17?/m1/s1. The summed E-state index contributed by atoms with van der Waals surface area (Å²) in [4.78, 5) is 40.5. The Bertz CT molecular complexity index is 542. The fourth-order valence-corrected chi connectivity index (χ4v) is 3.44. The second kappa shape index (κ2) is 9.42. The highest BCUT2D eigenvalue weighted by Crippen LogP contribution is 2.32. The van der Waals surface area contributed by atoms with Crippen LogP contribution < -0.4 is 10.6 Å². The van der Waals surface area contributed by atoms with Gasteiger partial charge in [0.25, 0.3) is 0 Å². The average Bonchev–Trinajstić information content (AvgIpc) is 2.96. The second-order valence-electron chi connectivity index (χ2n) is 9.14. The van der Waals surface area contributed by atoms with Crippen LogP contribution in [-0.4, -0.2) is 66.9 Å². The molecular formula is C20H38N4O3. The Morgan fingerprint density at radius 1 is 1.22 bits per heavy atom. The largest absolute Gasteiger partial charge is 0.347 e. The van der Waals surface area contributed by atoms with Gasteiger partial charge in [-0.3, -0.25) is 9.59 Å². The Morgan fingerprint density at radius 3 is 2.30 bits per heavy atom. The Morgan fingerprint density at radius 2 is 1.81 bits per heavy atom. The number of nitrogens with zero attached hydrogens (tertiary/aromatic N) is 2. The number of nitrogens with one attached hydrogen (secondary N) is 2. The number of carbonyl (C=O) groups is 3. The molecule has 0 spiro atoms. The third-order valence-electron chi connectivity index (χ3n) is 5.63. The normalized spacial score (nSPS) is 22.1. The van der Waals surface area contributed by atoms with Crippen molar-refractivity contribution >= 4 is 17.8 Å². The molecule has 1 rings (SSSR count). The van der Waals surface area contributed by atoms with Gasteiger partial charge < -0.3 is 20.4 Å². The maximum Gasteiger partial charge on any atom is 0.315 e. The first-order valence-corrected chi connectivity index (χ1v) is 9.93. The third kappa shape index (κ3) is 6.40. The Kier molecular flexibility index (Phi) is 8.11. The predicted molar refractivity (Wildman–Crippen MR) is 107 cm³/mol. The smallest absolute Gasteiger partial charge is 0.315 e. The van der Waals surface area contributed by atoms with E-state index in [9.17, 15) is 14.4 Å². The molecule has 156 valence electrons. The minimum Gasteiger partial charge on any atom is -0.347 e. The lowest BCUT2D eigenvalue weighted by Gasteiger charge is -2.35. The molecule has 0 radical (unpaired) electrons. The molecule has 0 aromatic heterocycles. The quantitative estimate of drug-likeness (QED) is 0.738. The van der Waals surface area contributed by atoms with E-state index in [1.165, 1.54) is 4.90 Å². The topological polar surface area (TPSA) is 81.8 Å². The molecule has 0 aromatic carbocycles. The summed E-state index contributed by atoms with van der Waals surface area (Å²) in [5.41, 5.74) is -0.436. The van der Waals surface area contributed by atoms with Crippen molar-refractivity contribution in [2.75, 3.05) is 27.2 Å². The Hall–Kier alpha value is -1.79. The molecule has 0 aromatic rings. The zero-order valence-corrected chi connectivity index (χ0v) is 18.3. The zero-order valence-electron chi connectivity index (χ0n) is 18.3. The van der Waals surface area contributed by atoms with Crippen LogP contribution >= 0.6 is 0 Å². The molecule has 7 heteroatoms. The number of hydrogen-bond acceptors (Lipinski definition) is 3. The van der Waals surface area contributed by atoms with E-state index in [0.29, 0.717) is 11.8 Å². The van der Waals surface area contributed by atoms with E-state index in [0.717, 1.165) is 19.4 Å². The molecule has 1 heterocycles. The van der Waals surface area contributed by atoms with Crippen molar-refractivity contribution in [1.82, 2.24) is 20.4 Å². The van der Waals surface area contributed by atoms with Crippen LogP contribution in [0.4, 0.5) is 4.79 Å². The zero-order chi connectivity index (χ0) is 20.9. The van der Waals surface area contributed by atoms with Crippen molar-refractivity contribution in [3.8, 4) is 0 Å². The first-order valence-electron chi connectivity index (χ1n) is 9.93. The van der Waals surface area contributed by atoms with E-state index in [-0.39, 0.29) is 24.4 Å². The fraction of sp³-hybridized carbons (Fsp3) is 0.850. The van der Waals surface area contributed by atoms with Gasteiger partial charge in [-0.05, 0) is 30.6 Å². The average molecular weight is 383 g/mol. The maximum atomic E-state index is 13.2. The molecule has 2 N–H and O–H groups in total. The van der Waals surface area contributed by atoms with E-state index in [1.807, 2.05) is 25.7 Å². The van der Waals surface area contributed by atoms with Crippen LogP contribution in [0.15, 0.2) is 0 Å². The van der Waals surface area contributed by atoms with Crippen LogP contribution in [0.25, 0.3) is 0 Å². The van der Waals surface area contributed by atoms with Crippen LogP contribution in [0.1, 0.15) is 54.4 Å². The molecule has 7 nitrogen and oxygen atoms in total. The minimum atomic E-state index is -0.648. The molecule has 1 saturated heterocycles. The summed E-state index contributed by atoms with van der Waals surface area (Å²) in [6, 6.07) is -0.976. The summed E-state index contributed by atoms with van der Waals surface area (Å²) < 4.78 is 0. The number of urea groups is 1. The van der Waals surface area contributed by atoms with E-state index >= 15 is 0 Å². The third-order valence-corrected chi connectivity index (χ3v) is 5.63. The number of likely N-dealkylation sites (tertiary alicyclic amines) is 1. The monoisotopic (exact) mass is 382 g/mol. The summed E-state index contributed by atoms with van der Waals surface area (Å²) >= 11 is 0. The molecule has 0 bridgehead atoms. The van der Waals surface area contributed by atoms with Gasteiger partial charge in [-0.25, -0.2) is 4.79 Å². The maximum absolute atomic E-state index is 13.2. The van der Waals surface area contributed by atoms with Gasteiger partial charge in [-0.1, -0.05) is 41.0 Å². The SMILES string of the molecule is CCC(C)[C@@H]1CC(C)N(C(=O)C(NC(=O)NCC(=O)N(C)C)C(C)(C)C)C1. The van der Waals surface area contributed by atoms with Gasteiger partial charge >= 0.3 is 6.03 Å². The number of likely N-dealkylation sites (N-methyl/N-ethyl adjacent to an activating group) is 1. The number of carbonyl (C=O) groups excluding carboxylic acids is 3. The molecule has 4 atom stereocenters. The van der Waals surface area contributed by atoms with Gasteiger partial charge in [-0.15, -0.1) is 0 Å². The first-order chi connectivity index (χ1) is 12.4. The molecule has 0 saturated carbocycles. The van der Waals surface area contributed by atoms with Crippen molar-refractivity contribution in [3.05, 3.63) is 0 Å². The van der Waals surface area contributed by atoms with Gasteiger partial charge in [0.15, 0.2) is 0 Å². The molecule has 1 fully saturated rings. The van der Waals surface area contributed by atoms with Gasteiger partial charge in [0.2, 0.25) is 11.8 Å². The van der Waals surface area contributed by atoms with Crippen LogP contribution in [0, 0.1) is 17.3 Å². The van der Waals surface area contributed by atoms with Crippen molar-refractivity contribution in [2.24, 2.45) is 17.3 Å². The number of hydrogen-bond donors (Lipinski definition) is 2. The van der Waals surface area contributed by atoms with E-state index in [1.54, 1.807) is 14.1 Å². The highest BCUT2D eigenvalue weighted by Gasteiger charge is 2.41. The number of amides is 4. The minimum absolute atomic E-state index is 0.0464. The van der Waals surface area contributed by atoms with E-state index < -0.39 is 17.5 Å². The predicted octanol–water partition coefficient (Wildman–Crippen LogP) is 2.07. The van der Waals surface area contributed by atoms with Crippen molar-refractivity contribution in [2.45, 2.75) is 66.5 Å². The van der Waals surface area contributed by atoms with Crippen molar-refractivity contribution < 1.29 is 14.4 Å². The summed E-state index contributed by atoms with van der Waals surface area (Å²) in [7, 11) is 3.26. The highest BCUT2D eigenvalue weighted by molar-refractivity contribution is 5.89. The molecule has 3 unspecified atom stereocenters. The van der Waals surface area contributed by atoms with Crippen molar-refractivity contribution in [1.29, 1.82) is 0 Å². The molecule has 0 aliphatic carbocycles. The fourth-order valence-electron chi connectivity index (χ4n) is 3.44. The summed E-state index contributed by atoms with van der Waals surface area (Å²) in [5.74, 6) is 0.830. The van der Waals surface area contributed by atoms with E-state index in [2.05, 4.69) is 31.4 Å². The Balaban J connectivity index is 2.81. The van der Waals surface area contributed by atoms with Crippen LogP contribution in [0.5, 0.6) is 0 Å². The summed E-state index contributed by atoms with van der Waals surface area (Å²) in [5, 5.41) is 5.34. The van der Waals surface area contributed by atoms with Crippen LogP contribution in [0.2, 0.25) is 0 Å².